The Kier molecular flexibility index (Phi) is 5.83. The van der Waals surface area contributed by atoms with Gasteiger partial charge >= 0.3 is 0 Å². The molecule has 0 spiro atoms. The van der Waals surface area contributed by atoms with Gasteiger partial charge in [-0.25, -0.2) is 0 Å². The Labute approximate surface area is 116 Å². The lowest BCUT2D eigenvalue weighted by molar-refractivity contribution is 0.0951. The van der Waals surface area contributed by atoms with E-state index in [4.69, 9.17) is 5.73 Å². The number of anilines is 1. The molecule has 4 heteroatoms. The number of carbonyl (C=O) groups excluding carboxylic acids is 1. The second kappa shape index (κ2) is 7.14. The van der Waals surface area contributed by atoms with Crippen LogP contribution in [0.1, 0.15) is 36.2 Å². The summed E-state index contributed by atoms with van der Waals surface area (Å²) in [6, 6.07) is 5.94. The van der Waals surface area contributed by atoms with Crippen molar-refractivity contribution in [2.45, 2.75) is 33.2 Å². The summed E-state index contributed by atoms with van der Waals surface area (Å²) < 4.78 is 0. The number of amides is 1. The summed E-state index contributed by atoms with van der Waals surface area (Å²) in [5, 5.41) is 2.92. The van der Waals surface area contributed by atoms with E-state index in [2.05, 4.69) is 31.1 Å². The van der Waals surface area contributed by atoms with Crippen molar-refractivity contribution in [1.29, 1.82) is 0 Å². The minimum Gasteiger partial charge on any atom is -0.398 e. The molecule has 0 bridgehead atoms. The lowest BCUT2D eigenvalue weighted by atomic mass is 10.1. The Morgan fingerprint density at radius 2 is 2.11 bits per heavy atom. The van der Waals surface area contributed by atoms with Crippen molar-refractivity contribution >= 4 is 11.6 Å². The molecule has 0 saturated heterocycles. The van der Waals surface area contributed by atoms with Crippen molar-refractivity contribution in [2.24, 2.45) is 0 Å². The smallest absolute Gasteiger partial charge is 0.251 e. The van der Waals surface area contributed by atoms with Gasteiger partial charge in [0, 0.05) is 23.8 Å². The summed E-state index contributed by atoms with van der Waals surface area (Å²) in [5.41, 5.74) is 8.08. The third-order valence-electron chi connectivity index (χ3n) is 3.40. The molecule has 4 nitrogen and oxygen atoms in total. The highest BCUT2D eigenvalue weighted by Gasteiger charge is 2.07. The predicted octanol–water partition coefficient (Wildman–Crippen LogP) is 2.04. The molecule has 0 aliphatic heterocycles. The van der Waals surface area contributed by atoms with Crippen molar-refractivity contribution in [3.8, 4) is 0 Å². The van der Waals surface area contributed by atoms with Gasteiger partial charge in [-0.15, -0.1) is 0 Å². The summed E-state index contributed by atoms with van der Waals surface area (Å²) in [6.45, 7) is 7.91. The molecule has 3 N–H and O–H groups in total. The van der Waals surface area contributed by atoms with Gasteiger partial charge in [0.25, 0.3) is 5.91 Å². The second-order valence-electron chi connectivity index (χ2n) is 5.26. The van der Waals surface area contributed by atoms with Crippen LogP contribution < -0.4 is 11.1 Å². The quantitative estimate of drug-likeness (QED) is 0.610. The number of carbonyl (C=O) groups is 1. The lowest BCUT2D eigenvalue weighted by Gasteiger charge is -2.20. The zero-order valence-corrected chi connectivity index (χ0v) is 12.4. The van der Waals surface area contributed by atoms with Gasteiger partial charge in [0.15, 0.2) is 0 Å². The topological polar surface area (TPSA) is 58.4 Å². The minimum absolute atomic E-state index is 0.0566. The molecule has 0 radical (unpaired) electrons. The first-order chi connectivity index (χ1) is 8.91. The Balaban J connectivity index is 2.37. The van der Waals surface area contributed by atoms with Gasteiger partial charge < -0.3 is 16.0 Å². The third-order valence-corrected chi connectivity index (χ3v) is 3.40. The lowest BCUT2D eigenvalue weighted by Crippen LogP contribution is -2.31. The van der Waals surface area contributed by atoms with Crippen LogP contribution >= 0.6 is 0 Å². The molecule has 1 amide bonds. The Morgan fingerprint density at radius 1 is 1.42 bits per heavy atom. The van der Waals surface area contributed by atoms with Gasteiger partial charge in [-0.05, 0) is 58.5 Å². The van der Waals surface area contributed by atoms with Crippen LogP contribution in [0.2, 0.25) is 0 Å². The van der Waals surface area contributed by atoms with Crippen LogP contribution in [-0.2, 0) is 0 Å². The molecule has 1 rings (SSSR count). The van der Waals surface area contributed by atoms with Crippen molar-refractivity contribution in [2.75, 3.05) is 25.9 Å². The number of hydrogen-bond donors (Lipinski definition) is 2. The van der Waals surface area contributed by atoms with E-state index in [0.717, 1.165) is 18.5 Å². The third kappa shape index (κ3) is 4.91. The highest BCUT2D eigenvalue weighted by Crippen LogP contribution is 2.12. The normalized spacial score (nSPS) is 11.1. The Bertz CT molecular complexity index is 429. The fourth-order valence-corrected chi connectivity index (χ4v) is 1.67. The maximum absolute atomic E-state index is 11.9. The standard InChI is InChI=1S/C15H25N3O/c1-11(2)18(4)9-5-8-17-15(19)13-7-6-12(3)14(16)10-13/h6-7,10-11H,5,8-9,16H2,1-4H3,(H,17,19). The predicted molar refractivity (Wildman–Crippen MR) is 80.3 cm³/mol. The van der Waals surface area contributed by atoms with E-state index in [0.29, 0.717) is 23.8 Å². The van der Waals surface area contributed by atoms with Crippen molar-refractivity contribution in [3.05, 3.63) is 29.3 Å². The van der Waals surface area contributed by atoms with Gasteiger partial charge in [-0.1, -0.05) is 6.07 Å². The van der Waals surface area contributed by atoms with Crippen molar-refractivity contribution in [3.63, 3.8) is 0 Å². The van der Waals surface area contributed by atoms with Gasteiger partial charge in [-0.3, -0.25) is 4.79 Å². The average Bonchev–Trinajstić information content (AvgIpc) is 2.37. The molecule has 106 valence electrons. The number of benzene rings is 1. The number of nitrogens with two attached hydrogens (primary N) is 1. The summed E-state index contributed by atoms with van der Waals surface area (Å²) >= 11 is 0. The summed E-state index contributed by atoms with van der Waals surface area (Å²) in [7, 11) is 2.09. The van der Waals surface area contributed by atoms with Gasteiger partial charge in [0.1, 0.15) is 0 Å². The van der Waals surface area contributed by atoms with E-state index in [9.17, 15) is 4.79 Å². The number of aryl methyl sites for hydroxylation is 1. The first kappa shape index (κ1) is 15.5. The first-order valence-electron chi connectivity index (χ1n) is 6.76. The number of nitrogens with zero attached hydrogens (tertiary/aromatic N) is 1. The van der Waals surface area contributed by atoms with E-state index in [1.165, 1.54) is 0 Å². The van der Waals surface area contributed by atoms with E-state index >= 15 is 0 Å². The van der Waals surface area contributed by atoms with Crippen LogP contribution in [0, 0.1) is 6.92 Å². The molecule has 1 aromatic carbocycles. The molecule has 0 saturated carbocycles. The number of rotatable bonds is 6. The van der Waals surface area contributed by atoms with Crippen molar-refractivity contribution in [1.82, 2.24) is 10.2 Å². The molecule has 0 unspecified atom stereocenters. The van der Waals surface area contributed by atoms with E-state index in [1.54, 1.807) is 12.1 Å². The fourth-order valence-electron chi connectivity index (χ4n) is 1.67. The minimum atomic E-state index is -0.0566. The molecule has 0 aliphatic rings. The molecule has 0 aliphatic carbocycles. The monoisotopic (exact) mass is 263 g/mol. The maximum Gasteiger partial charge on any atom is 0.251 e. The largest absolute Gasteiger partial charge is 0.398 e. The van der Waals surface area contributed by atoms with Gasteiger partial charge in [0.2, 0.25) is 0 Å². The molecule has 0 heterocycles. The molecule has 0 aromatic heterocycles. The van der Waals surface area contributed by atoms with Crippen LogP contribution in [0.15, 0.2) is 18.2 Å². The number of nitrogen functional groups attached to an aromatic ring is 1. The zero-order valence-electron chi connectivity index (χ0n) is 12.4. The Morgan fingerprint density at radius 3 is 2.68 bits per heavy atom. The molecule has 0 fully saturated rings. The van der Waals surface area contributed by atoms with Crippen LogP contribution in [0.3, 0.4) is 0 Å². The highest BCUT2D eigenvalue weighted by molar-refractivity contribution is 5.95. The fraction of sp³-hybridized carbons (Fsp3) is 0.533. The SMILES string of the molecule is Cc1ccc(C(=O)NCCCN(C)C(C)C)cc1N. The highest BCUT2D eigenvalue weighted by atomic mass is 16.1. The first-order valence-corrected chi connectivity index (χ1v) is 6.76. The molecule has 19 heavy (non-hydrogen) atoms. The number of hydrogen-bond acceptors (Lipinski definition) is 3. The maximum atomic E-state index is 11.9. The summed E-state index contributed by atoms with van der Waals surface area (Å²) in [6.07, 6.45) is 0.946. The van der Waals surface area contributed by atoms with Crippen LogP contribution in [0.5, 0.6) is 0 Å². The average molecular weight is 263 g/mol. The van der Waals surface area contributed by atoms with Gasteiger partial charge in [-0.2, -0.15) is 0 Å². The second-order valence-corrected chi connectivity index (χ2v) is 5.26. The zero-order chi connectivity index (χ0) is 14.4. The van der Waals surface area contributed by atoms with Crippen LogP contribution in [0.25, 0.3) is 0 Å². The molecular weight excluding hydrogens is 238 g/mol. The van der Waals surface area contributed by atoms with E-state index < -0.39 is 0 Å². The van der Waals surface area contributed by atoms with Crippen LogP contribution in [0.4, 0.5) is 5.69 Å². The summed E-state index contributed by atoms with van der Waals surface area (Å²) in [5.74, 6) is -0.0566. The van der Waals surface area contributed by atoms with E-state index in [-0.39, 0.29) is 5.91 Å². The molecule has 0 atom stereocenters. The molecule has 1 aromatic rings. The summed E-state index contributed by atoms with van der Waals surface area (Å²) in [4.78, 5) is 14.2. The van der Waals surface area contributed by atoms with Crippen molar-refractivity contribution < 1.29 is 4.79 Å². The molecular formula is C15H25N3O. The van der Waals surface area contributed by atoms with E-state index in [1.807, 2.05) is 13.0 Å². The Hall–Kier alpha value is -1.55. The van der Waals surface area contributed by atoms with Crippen LogP contribution in [-0.4, -0.2) is 37.0 Å². The number of nitrogens with one attached hydrogen (secondary N) is 1. The van der Waals surface area contributed by atoms with Gasteiger partial charge in [0.05, 0.1) is 0 Å².